The molecule has 0 spiro atoms. The molecule has 3 heteroatoms. The average molecular weight is 331 g/mol. The molecule has 3 rings (SSSR count). The summed E-state index contributed by atoms with van der Waals surface area (Å²) in [5.74, 6) is 0.459. The van der Waals surface area contributed by atoms with Gasteiger partial charge >= 0.3 is 0 Å². The molecule has 0 radical (unpaired) electrons. The van der Waals surface area contributed by atoms with Crippen LogP contribution in [0.25, 0.3) is 0 Å². The minimum absolute atomic E-state index is 0.132. The summed E-state index contributed by atoms with van der Waals surface area (Å²) >= 11 is 0. The van der Waals surface area contributed by atoms with Crippen molar-refractivity contribution >= 4 is 5.91 Å². The van der Waals surface area contributed by atoms with E-state index >= 15 is 0 Å². The van der Waals surface area contributed by atoms with E-state index in [1.165, 1.54) is 0 Å². The molecule has 0 aliphatic heterocycles. The molecule has 0 aromatic heterocycles. The number of carbonyl (C=O) groups excluding carboxylic acids is 1. The molecule has 3 aromatic rings. The molecule has 0 saturated carbocycles. The SMILES string of the molecule is Cc1ccccc1CNC(=O)c1ccccc1OCc1ccccc1. The number of hydrogen-bond donors (Lipinski definition) is 1. The number of aryl methyl sites for hydroxylation is 1. The standard InChI is InChI=1S/C22H21NO2/c1-17-9-5-6-12-19(17)15-23-22(24)20-13-7-8-14-21(20)25-16-18-10-3-2-4-11-18/h2-14H,15-16H2,1H3,(H,23,24). The Labute approximate surface area is 148 Å². The number of para-hydroxylation sites is 1. The number of ether oxygens (including phenoxy) is 1. The summed E-state index contributed by atoms with van der Waals surface area (Å²) in [6.45, 7) is 2.97. The molecule has 1 amide bonds. The smallest absolute Gasteiger partial charge is 0.255 e. The second kappa shape index (κ2) is 8.15. The van der Waals surface area contributed by atoms with E-state index < -0.39 is 0 Å². The van der Waals surface area contributed by atoms with E-state index in [0.29, 0.717) is 24.5 Å². The molecule has 0 aliphatic carbocycles. The molecule has 0 unspecified atom stereocenters. The van der Waals surface area contributed by atoms with Crippen molar-refractivity contribution in [2.24, 2.45) is 0 Å². The lowest BCUT2D eigenvalue weighted by atomic mass is 10.1. The third kappa shape index (κ3) is 4.48. The molecule has 0 atom stereocenters. The van der Waals surface area contributed by atoms with E-state index in [0.717, 1.165) is 16.7 Å². The van der Waals surface area contributed by atoms with Gasteiger partial charge in [0, 0.05) is 6.54 Å². The zero-order valence-corrected chi connectivity index (χ0v) is 14.2. The van der Waals surface area contributed by atoms with Gasteiger partial charge in [0.2, 0.25) is 0 Å². The summed E-state index contributed by atoms with van der Waals surface area (Å²) in [6.07, 6.45) is 0. The zero-order chi connectivity index (χ0) is 17.5. The van der Waals surface area contributed by atoms with Crippen LogP contribution >= 0.6 is 0 Å². The van der Waals surface area contributed by atoms with Crippen molar-refractivity contribution in [2.45, 2.75) is 20.1 Å². The quantitative estimate of drug-likeness (QED) is 0.722. The lowest BCUT2D eigenvalue weighted by Crippen LogP contribution is -2.23. The molecule has 0 saturated heterocycles. The van der Waals surface area contributed by atoms with E-state index in [1.807, 2.05) is 79.7 Å². The molecule has 1 N–H and O–H groups in total. The topological polar surface area (TPSA) is 38.3 Å². The van der Waals surface area contributed by atoms with Crippen LogP contribution in [0.2, 0.25) is 0 Å². The van der Waals surface area contributed by atoms with Crippen molar-refractivity contribution in [3.63, 3.8) is 0 Å². The fourth-order valence-corrected chi connectivity index (χ4v) is 2.59. The highest BCUT2D eigenvalue weighted by Crippen LogP contribution is 2.19. The van der Waals surface area contributed by atoms with Crippen LogP contribution in [0.15, 0.2) is 78.9 Å². The van der Waals surface area contributed by atoms with Crippen LogP contribution in [0.1, 0.15) is 27.0 Å². The Kier molecular flexibility index (Phi) is 5.47. The summed E-state index contributed by atoms with van der Waals surface area (Å²) in [4.78, 5) is 12.6. The van der Waals surface area contributed by atoms with Gasteiger partial charge in [0.1, 0.15) is 12.4 Å². The van der Waals surface area contributed by atoms with Crippen LogP contribution in [-0.4, -0.2) is 5.91 Å². The summed E-state index contributed by atoms with van der Waals surface area (Å²) in [6, 6.07) is 25.3. The summed E-state index contributed by atoms with van der Waals surface area (Å²) in [7, 11) is 0. The van der Waals surface area contributed by atoms with Gasteiger partial charge in [-0.2, -0.15) is 0 Å². The Hall–Kier alpha value is -3.07. The highest BCUT2D eigenvalue weighted by molar-refractivity contribution is 5.96. The minimum atomic E-state index is -0.132. The Morgan fingerprint density at radius 2 is 1.56 bits per heavy atom. The van der Waals surface area contributed by atoms with Crippen LogP contribution < -0.4 is 10.1 Å². The van der Waals surface area contributed by atoms with Gasteiger partial charge in [-0.25, -0.2) is 0 Å². The maximum atomic E-state index is 12.6. The maximum absolute atomic E-state index is 12.6. The number of rotatable bonds is 6. The second-order valence-corrected chi connectivity index (χ2v) is 5.88. The Bertz CT molecular complexity index is 843. The largest absolute Gasteiger partial charge is 0.488 e. The number of amides is 1. The van der Waals surface area contributed by atoms with Crippen LogP contribution in [0, 0.1) is 6.92 Å². The van der Waals surface area contributed by atoms with E-state index in [2.05, 4.69) is 5.32 Å². The van der Waals surface area contributed by atoms with Gasteiger partial charge in [0.05, 0.1) is 5.56 Å². The third-order valence-electron chi connectivity index (χ3n) is 4.07. The maximum Gasteiger partial charge on any atom is 0.255 e. The molecule has 3 aromatic carbocycles. The van der Waals surface area contributed by atoms with Crippen molar-refractivity contribution < 1.29 is 9.53 Å². The highest BCUT2D eigenvalue weighted by atomic mass is 16.5. The number of nitrogens with one attached hydrogen (secondary N) is 1. The normalized spacial score (nSPS) is 10.3. The first kappa shape index (κ1) is 16.8. The molecule has 0 bridgehead atoms. The Morgan fingerprint density at radius 1 is 0.880 bits per heavy atom. The summed E-state index contributed by atoms with van der Waals surface area (Å²) in [5.41, 5.74) is 3.89. The van der Waals surface area contributed by atoms with Gasteiger partial charge in [-0.3, -0.25) is 4.79 Å². The first-order valence-corrected chi connectivity index (χ1v) is 8.32. The number of hydrogen-bond acceptors (Lipinski definition) is 2. The number of benzene rings is 3. The summed E-state index contributed by atoms with van der Waals surface area (Å²) < 4.78 is 5.86. The number of carbonyl (C=O) groups is 1. The van der Waals surface area contributed by atoms with E-state index in [4.69, 9.17) is 4.74 Å². The van der Waals surface area contributed by atoms with Gasteiger partial charge < -0.3 is 10.1 Å². The second-order valence-electron chi connectivity index (χ2n) is 5.88. The van der Waals surface area contributed by atoms with Crippen LogP contribution in [0.3, 0.4) is 0 Å². The zero-order valence-electron chi connectivity index (χ0n) is 14.2. The predicted octanol–water partition coefficient (Wildman–Crippen LogP) is 4.50. The van der Waals surface area contributed by atoms with Gasteiger partial charge in [-0.1, -0.05) is 66.7 Å². The first-order valence-electron chi connectivity index (χ1n) is 8.32. The van der Waals surface area contributed by atoms with Gasteiger partial charge in [-0.05, 0) is 35.7 Å². The van der Waals surface area contributed by atoms with Crippen LogP contribution in [-0.2, 0) is 13.2 Å². The Balaban J connectivity index is 1.67. The van der Waals surface area contributed by atoms with Crippen molar-refractivity contribution in [1.29, 1.82) is 0 Å². The van der Waals surface area contributed by atoms with Crippen molar-refractivity contribution in [2.75, 3.05) is 0 Å². The van der Waals surface area contributed by atoms with Crippen LogP contribution in [0.5, 0.6) is 5.75 Å². The fourth-order valence-electron chi connectivity index (χ4n) is 2.59. The molecule has 3 nitrogen and oxygen atoms in total. The molecule has 25 heavy (non-hydrogen) atoms. The lowest BCUT2D eigenvalue weighted by Gasteiger charge is -2.12. The van der Waals surface area contributed by atoms with Gasteiger partial charge in [-0.15, -0.1) is 0 Å². The van der Waals surface area contributed by atoms with Crippen molar-refractivity contribution in [3.05, 3.63) is 101 Å². The molecular weight excluding hydrogens is 310 g/mol. The monoisotopic (exact) mass is 331 g/mol. The minimum Gasteiger partial charge on any atom is -0.488 e. The van der Waals surface area contributed by atoms with E-state index in [-0.39, 0.29) is 5.91 Å². The molecule has 0 fully saturated rings. The molecule has 0 aliphatic rings. The third-order valence-corrected chi connectivity index (χ3v) is 4.07. The van der Waals surface area contributed by atoms with E-state index in [9.17, 15) is 4.79 Å². The molecule has 0 heterocycles. The van der Waals surface area contributed by atoms with E-state index in [1.54, 1.807) is 6.07 Å². The van der Waals surface area contributed by atoms with Crippen molar-refractivity contribution in [3.8, 4) is 5.75 Å². The predicted molar refractivity (Wildman–Crippen MR) is 99.6 cm³/mol. The average Bonchev–Trinajstić information content (AvgIpc) is 2.66. The van der Waals surface area contributed by atoms with Gasteiger partial charge in [0.25, 0.3) is 5.91 Å². The Morgan fingerprint density at radius 3 is 2.36 bits per heavy atom. The van der Waals surface area contributed by atoms with Gasteiger partial charge in [0.15, 0.2) is 0 Å². The van der Waals surface area contributed by atoms with Crippen molar-refractivity contribution in [1.82, 2.24) is 5.32 Å². The molecule has 126 valence electrons. The molecular formula is C22H21NO2. The highest BCUT2D eigenvalue weighted by Gasteiger charge is 2.12. The fraction of sp³-hybridized carbons (Fsp3) is 0.136. The van der Waals surface area contributed by atoms with Crippen LogP contribution in [0.4, 0.5) is 0 Å². The summed E-state index contributed by atoms with van der Waals surface area (Å²) in [5, 5.41) is 2.98. The first-order chi connectivity index (χ1) is 12.2. The lowest BCUT2D eigenvalue weighted by molar-refractivity contribution is 0.0946.